The molecule has 1 aromatic heterocycles. The van der Waals surface area contributed by atoms with E-state index in [1.54, 1.807) is 9.47 Å². The second-order valence-corrected chi connectivity index (χ2v) is 8.42. The Hall–Kier alpha value is -2.19. The summed E-state index contributed by atoms with van der Waals surface area (Å²) in [5.74, 6) is -0.529. The Morgan fingerprint density at radius 1 is 1.19 bits per heavy atom. The normalized spacial score (nSPS) is 15.2. The van der Waals surface area contributed by atoms with Gasteiger partial charge in [-0.05, 0) is 44.0 Å². The smallest absolute Gasteiger partial charge is 0.270 e. The van der Waals surface area contributed by atoms with Crippen molar-refractivity contribution in [3.8, 4) is 0 Å². The van der Waals surface area contributed by atoms with Gasteiger partial charge in [0, 0.05) is 31.9 Å². The van der Waals surface area contributed by atoms with E-state index < -0.39 is 10.0 Å². The van der Waals surface area contributed by atoms with E-state index in [0.717, 1.165) is 6.42 Å². The van der Waals surface area contributed by atoms with E-state index in [2.05, 4.69) is 4.72 Å². The summed E-state index contributed by atoms with van der Waals surface area (Å²) < 4.78 is 42.3. The van der Waals surface area contributed by atoms with Gasteiger partial charge in [-0.15, -0.1) is 0 Å². The summed E-state index contributed by atoms with van der Waals surface area (Å²) in [4.78, 5) is 14.5. The molecule has 1 aliphatic rings. The zero-order chi connectivity index (χ0) is 18.9. The molecule has 1 aromatic carbocycles. The minimum atomic E-state index is -3.77. The fraction of sp³-hybridized carbons (Fsp3) is 0.389. The van der Waals surface area contributed by atoms with Gasteiger partial charge >= 0.3 is 0 Å². The largest absolute Gasteiger partial charge is 0.342 e. The molecule has 0 radical (unpaired) electrons. The van der Waals surface area contributed by atoms with Gasteiger partial charge in [0.05, 0.1) is 0 Å². The summed E-state index contributed by atoms with van der Waals surface area (Å²) in [5, 5.41) is 0. The lowest BCUT2D eigenvalue weighted by molar-refractivity contribution is 0.0709. The third-order valence-corrected chi connectivity index (χ3v) is 5.83. The van der Waals surface area contributed by atoms with Crippen molar-refractivity contribution in [3.63, 3.8) is 0 Å². The molecular formula is C18H22FN3O3S. The summed E-state index contributed by atoms with van der Waals surface area (Å²) in [5.41, 5.74) is 1.04. The first-order valence-electron chi connectivity index (χ1n) is 8.53. The number of hydrogen-bond acceptors (Lipinski definition) is 3. The summed E-state index contributed by atoms with van der Waals surface area (Å²) in [6.07, 6.45) is 2.28. The van der Waals surface area contributed by atoms with E-state index in [1.165, 1.54) is 36.5 Å². The van der Waals surface area contributed by atoms with Crippen LogP contribution in [0.15, 0.2) is 41.4 Å². The molecule has 140 valence electrons. The van der Waals surface area contributed by atoms with Crippen molar-refractivity contribution in [2.75, 3.05) is 6.54 Å². The molecule has 26 heavy (non-hydrogen) atoms. The third kappa shape index (κ3) is 3.81. The van der Waals surface area contributed by atoms with Crippen LogP contribution in [0.5, 0.6) is 0 Å². The van der Waals surface area contributed by atoms with E-state index >= 15 is 0 Å². The van der Waals surface area contributed by atoms with Crippen LogP contribution in [-0.2, 0) is 23.1 Å². The molecule has 1 N–H and O–H groups in total. The number of carbonyl (C=O) groups is 1. The molecule has 1 amide bonds. The quantitative estimate of drug-likeness (QED) is 0.867. The van der Waals surface area contributed by atoms with Gasteiger partial charge in [-0.25, -0.2) is 17.5 Å². The molecule has 0 saturated carbocycles. The second-order valence-electron chi connectivity index (χ2n) is 6.65. The number of sulfonamides is 1. The average Bonchev–Trinajstić information content (AvgIpc) is 2.96. The molecule has 0 atom stereocenters. The number of nitrogens with one attached hydrogen (secondary N) is 1. The van der Waals surface area contributed by atoms with Crippen LogP contribution in [-0.4, -0.2) is 36.4 Å². The summed E-state index contributed by atoms with van der Waals surface area (Å²) in [6.45, 7) is 5.19. The van der Waals surface area contributed by atoms with Crippen molar-refractivity contribution >= 4 is 15.9 Å². The van der Waals surface area contributed by atoms with Crippen LogP contribution >= 0.6 is 0 Å². The standard InChI is InChI=1S/C18H22FN3O3S/c1-13(2)22-9-3-8-21-12-16(10-17(21)18(22)23)26(24,25)20-11-14-4-6-15(19)7-5-14/h4-7,10,12-13,20H,3,8-9,11H2,1-2H3. The topological polar surface area (TPSA) is 71.4 Å². The van der Waals surface area contributed by atoms with Gasteiger partial charge in [0.1, 0.15) is 16.4 Å². The molecule has 0 saturated heterocycles. The minimum Gasteiger partial charge on any atom is -0.342 e. The number of hydrogen-bond donors (Lipinski definition) is 1. The number of benzene rings is 1. The molecule has 0 unspecified atom stereocenters. The maximum Gasteiger partial charge on any atom is 0.270 e. The van der Waals surface area contributed by atoms with Crippen molar-refractivity contribution in [2.45, 2.75) is 44.3 Å². The van der Waals surface area contributed by atoms with Crippen LogP contribution in [0.2, 0.25) is 0 Å². The highest BCUT2D eigenvalue weighted by molar-refractivity contribution is 7.89. The predicted molar refractivity (Wildman–Crippen MR) is 95.6 cm³/mol. The van der Waals surface area contributed by atoms with E-state index in [9.17, 15) is 17.6 Å². The number of carbonyl (C=O) groups excluding carboxylic acids is 1. The van der Waals surface area contributed by atoms with Gasteiger partial charge in [0.2, 0.25) is 10.0 Å². The number of aryl methyl sites for hydroxylation is 1. The Morgan fingerprint density at radius 3 is 2.54 bits per heavy atom. The fourth-order valence-electron chi connectivity index (χ4n) is 3.01. The minimum absolute atomic E-state index is 0.0508. The third-order valence-electron chi connectivity index (χ3n) is 4.46. The van der Waals surface area contributed by atoms with E-state index in [4.69, 9.17) is 0 Å². The predicted octanol–water partition coefficient (Wildman–Crippen LogP) is 2.36. The molecule has 2 heterocycles. The average molecular weight is 379 g/mol. The maximum atomic E-state index is 12.9. The van der Waals surface area contributed by atoms with E-state index in [-0.39, 0.29) is 29.2 Å². The lowest BCUT2D eigenvalue weighted by Gasteiger charge is -2.24. The molecule has 1 aliphatic heterocycles. The number of fused-ring (bicyclic) bond motifs is 1. The number of amides is 1. The van der Waals surface area contributed by atoms with Crippen molar-refractivity contribution in [2.24, 2.45) is 0 Å². The van der Waals surface area contributed by atoms with Crippen LogP contribution in [0, 0.1) is 5.82 Å². The summed E-state index contributed by atoms with van der Waals surface area (Å²) in [7, 11) is -3.77. The zero-order valence-electron chi connectivity index (χ0n) is 14.8. The van der Waals surface area contributed by atoms with Gasteiger partial charge in [-0.3, -0.25) is 4.79 Å². The second kappa shape index (κ2) is 7.20. The van der Waals surface area contributed by atoms with Gasteiger partial charge in [0.25, 0.3) is 5.91 Å². The van der Waals surface area contributed by atoms with Gasteiger partial charge < -0.3 is 9.47 Å². The molecular weight excluding hydrogens is 357 g/mol. The Bertz CT molecular complexity index is 904. The molecule has 2 aromatic rings. The van der Waals surface area contributed by atoms with Gasteiger partial charge in [-0.1, -0.05) is 12.1 Å². The van der Waals surface area contributed by atoms with E-state index in [1.807, 2.05) is 13.8 Å². The SMILES string of the molecule is CC(C)N1CCCn2cc(S(=O)(=O)NCc3ccc(F)cc3)cc2C1=O. The molecule has 0 bridgehead atoms. The molecule has 3 rings (SSSR count). The van der Waals surface area contributed by atoms with Crippen LogP contribution in [0.25, 0.3) is 0 Å². The number of aromatic nitrogens is 1. The van der Waals surface area contributed by atoms with Crippen LogP contribution in [0.4, 0.5) is 4.39 Å². The summed E-state index contributed by atoms with van der Waals surface area (Å²) in [6, 6.07) is 7.09. The van der Waals surface area contributed by atoms with Crippen molar-refractivity contribution in [1.29, 1.82) is 0 Å². The highest BCUT2D eigenvalue weighted by atomic mass is 32.2. The first-order chi connectivity index (χ1) is 12.3. The van der Waals surface area contributed by atoms with Crippen molar-refractivity contribution in [1.82, 2.24) is 14.2 Å². The van der Waals surface area contributed by atoms with Crippen LogP contribution < -0.4 is 4.72 Å². The first-order valence-corrected chi connectivity index (χ1v) is 10.0. The van der Waals surface area contributed by atoms with Crippen LogP contribution in [0.3, 0.4) is 0 Å². The molecule has 6 nitrogen and oxygen atoms in total. The molecule has 8 heteroatoms. The fourth-order valence-corrected chi connectivity index (χ4v) is 4.07. The molecule has 0 aliphatic carbocycles. The summed E-state index contributed by atoms with van der Waals surface area (Å²) >= 11 is 0. The Balaban J connectivity index is 1.81. The number of nitrogens with zero attached hydrogens (tertiary/aromatic N) is 2. The highest BCUT2D eigenvalue weighted by Crippen LogP contribution is 2.21. The Kier molecular flexibility index (Phi) is 5.15. The lowest BCUT2D eigenvalue weighted by Crippen LogP contribution is -2.36. The van der Waals surface area contributed by atoms with Crippen molar-refractivity contribution in [3.05, 3.63) is 53.6 Å². The number of halogens is 1. The van der Waals surface area contributed by atoms with Crippen molar-refractivity contribution < 1.29 is 17.6 Å². The monoisotopic (exact) mass is 379 g/mol. The molecule has 0 spiro atoms. The van der Waals surface area contributed by atoms with Gasteiger partial charge in [0.15, 0.2) is 0 Å². The number of rotatable bonds is 5. The first kappa shape index (κ1) is 18.6. The van der Waals surface area contributed by atoms with Crippen LogP contribution in [0.1, 0.15) is 36.3 Å². The zero-order valence-corrected chi connectivity index (χ0v) is 15.6. The van der Waals surface area contributed by atoms with E-state index in [0.29, 0.717) is 24.3 Å². The van der Waals surface area contributed by atoms with Gasteiger partial charge in [-0.2, -0.15) is 0 Å². The Morgan fingerprint density at radius 2 is 1.88 bits per heavy atom. The highest BCUT2D eigenvalue weighted by Gasteiger charge is 2.28. The molecule has 0 fully saturated rings. The maximum absolute atomic E-state index is 12.9. The lowest BCUT2D eigenvalue weighted by atomic mass is 10.2. The Labute approximate surface area is 152 Å².